The van der Waals surface area contributed by atoms with Crippen molar-refractivity contribution < 1.29 is 5.11 Å². The molecule has 3 N–H and O–H groups in total. The fourth-order valence-electron chi connectivity index (χ4n) is 2.56. The van der Waals surface area contributed by atoms with E-state index in [0.29, 0.717) is 18.9 Å². The average molecular weight is 322 g/mol. The first-order valence-electron chi connectivity index (χ1n) is 8.14. The van der Waals surface area contributed by atoms with E-state index in [-0.39, 0.29) is 6.61 Å². The normalized spacial score (nSPS) is 10.8. The van der Waals surface area contributed by atoms with Crippen molar-refractivity contribution >= 4 is 28.4 Å². The first-order chi connectivity index (χ1) is 11.7. The van der Waals surface area contributed by atoms with Crippen molar-refractivity contribution in [2.24, 2.45) is 0 Å². The molecule has 0 unspecified atom stereocenters. The number of nitrogens with one attached hydrogen (secondary N) is 2. The first-order valence-corrected chi connectivity index (χ1v) is 8.14. The Balaban J connectivity index is 1.97. The van der Waals surface area contributed by atoms with Crippen LogP contribution in [0.2, 0.25) is 0 Å². The zero-order valence-electron chi connectivity index (χ0n) is 14.0. The molecule has 2 aromatic carbocycles. The molecule has 3 aromatic rings. The molecule has 1 heterocycles. The molecule has 124 valence electrons. The molecule has 0 bridgehead atoms. The van der Waals surface area contributed by atoms with Gasteiger partial charge in [0.05, 0.1) is 5.52 Å². The Kier molecular flexibility index (Phi) is 4.91. The van der Waals surface area contributed by atoms with Crippen LogP contribution in [0.3, 0.4) is 0 Å². The van der Waals surface area contributed by atoms with Gasteiger partial charge in [0.25, 0.3) is 0 Å². The number of benzene rings is 2. The highest BCUT2D eigenvalue weighted by Gasteiger charge is 2.09. The Morgan fingerprint density at radius 3 is 2.67 bits per heavy atom. The van der Waals surface area contributed by atoms with Gasteiger partial charge in [0.2, 0.25) is 5.95 Å². The van der Waals surface area contributed by atoms with Crippen LogP contribution in [0.15, 0.2) is 42.5 Å². The van der Waals surface area contributed by atoms with E-state index in [4.69, 9.17) is 5.11 Å². The first kappa shape index (κ1) is 16.2. The van der Waals surface area contributed by atoms with E-state index in [0.717, 1.165) is 22.4 Å². The Morgan fingerprint density at radius 2 is 1.83 bits per heavy atom. The van der Waals surface area contributed by atoms with E-state index in [2.05, 4.69) is 40.5 Å². The third-order valence-corrected chi connectivity index (χ3v) is 4.08. The highest BCUT2D eigenvalue weighted by molar-refractivity contribution is 5.90. The lowest BCUT2D eigenvalue weighted by atomic mass is 10.1. The predicted molar refractivity (Wildman–Crippen MR) is 98.9 cm³/mol. The number of fused-ring (bicyclic) bond motifs is 1. The van der Waals surface area contributed by atoms with Gasteiger partial charge in [-0.15, -0.1) is 0 Å². The number of aliphatic hydroxyl groups is 1. The molecule has 0 amide bonds. The summed E-state index contributed by atoms with van der Waals surface area (Å²) in [6, 6.07) is 14.0. The van der Waals surface area contributed by atoms with Gasteiger partial charge in [-0.25, -0.2) is 4.98 Å². The molecule has 1 aromatic heterocycles. The summed E-state index contributed by atoms with van der Waals surface area (Å²) < 4.78 is 0. The van der Waals surface area contributed by atoms with Gasteiger partial charge in [0.1, 0.15) is 5.82 Å². The summed E-state index contributed by atoms with van der Waals surface area (Å²) >= 11 is 0. The zero-order valence-corrected chi connectivity index (χ0v) is 14.0. The third-order valence-electron chi connectivity index (χ3n) is 4.08. The molecule has 0 saturated carbocycles. The number of anilines is 3. The molecule has 5 nitrogen and oxygen atoms in total. The van der Waals surface area contributed by atoms with E-state index in [1.807, 2.05) is 36.4 Å². The molecule has 0 spiro atoms. The highest BCUT2D eigenvalue weighted by atomic mass is 16.3. The van der Waals surface area contributed by atoms with Crippen LogP contribution in [0.25, 0.3) is 10.9 Å². The van der Waals surface area contributed by atoms with Crippen molar-refractivity contribution in [2.75, 3.05) is 23.8 Å². The van der Waals surface area contributed by atoms with Gasteiger partial charge in [0, 0.05) is 24.2 Å². The van der Waals surface area contributed by atoms with E-state index in [9.17, 15) is 0 Å². The van der Waals surface area contributed by atoms with E-state index >= 15 is 0 Å². The second-order valence-electron chi connectivity index (χ2n) is 5.79. The van der Waals surface area contributed by atoms with Crippen LogP contribution in [-0.4, -0.2) is 28.2 Å². The largest absolute Gasteiger partial charge is 0.396 e. The van der Waals surface area contributed by atoms with Gasteiger partial charge in [0.15, 0.2) is 0 Å². The summed E-state index contributed by atoms with van der Waals surface area (Å²) in [4.78, 5) is 9.24. The van der Waals surface area contributed by atoms with Gasteiger partial charge in [-0.1, -0.05) is 24.3 Å². The number of rotatable bonds is 6. The second-order valence-corrected chi connectivity index (χ2v) is 5.79. The monoisotopic (exact) mass is 322 g/mol. The Hall–Kier alpha value is -2.66. The summed E-state index contributed by atoms with van der Waals surface area (Å²) in [5, 5.41) is 16.6. The molecular weight excluding hydrogens is 300 g/mol. The number of hydrogen-bond acceptors (Lipinski definition) is 5. The lowest BCUT2D eigenvalue weighted by molar-refractivity contribution is 0.292. The van der Waals surface area contributed by atoms with Crippen molar-refractivity contribution in [3.63, 3.8) is 0 Å². The van der Waals surface area contributed by atoms with E-state index < -0.39 is 0 Å². The zero-order chi connectivity index (χ0) is 16.9. The Labute approximate surface area is 141 Å². The maximum absolute atomic E-state index is 8.98. The summed E-state index contributed by atoms with van der Waals surface area (Å²) in [5.74, 6) is 1.34. The molecule has 0 saturated heterocycles. The van der Waals surface area contributed by atoms with Crippen LogP contribution in [0.5, 0.6) is 0 Å². The fraction of sp³-hybridized carbons (Fsp3) is 0.263. The molecule has 0 radical (unpaired) electrons. The fourth-order valence-corrected chi connectivity index (χ4v) is 2.56. The standard InChI is InChI=1S/C19H22N4O/c1-13-7-5-10-16(14(13)2)21-19-22-17-9-4-3-8-15(17)18(23-19)20-11-6-12-24/h3-5,7-10,24H,6,11-12H2,1-2H3,(H2,20,21,22,23). The molecule has 5 heteroatoms. The van der Waals surface area contributed by atoms with Crippen LogP contribution in [0.4, 0.5) is 17.5 Å². The minimum Gasteiger partial charge on any atom is -0.396 e. The molecular formula is C19H22N4O. The topological polar surface area (TPSA) is 70.1 Å². The quantitative estimate of drug-likeness (QED) is 0.602. The molecule has 0 aliphatic carbocycles. The van der Waals surface area contributed by atoms with Crippen molar-refractivity contribution in [3.8, 4) is 0 Å². The van der Waals surface area contributed by atoms with Gasteiger partial charge in [-0.2, -0.15) is 4.98 Å². The summed E-state index contributed by atoms with van der Waals surface area (Å²) in [6.45, 7) is 4.99. The number of aryl methyl sites for hydroxylation is 1. The van der Waals surface area contributed by atoms with Crippen LogP contribution < -0.4 is 10.6 Å². The van der Waals surface area contributed by atoms with Gasteiger partial charge >= 0.3 is 0 Å². The molecule has 3 rings (SSSR count). The van der Waals surface area contributed by atoms with Crippen LogP contribution in [0.1, 0.15) is 17.5 Å². The minimum atomic E-state index is 0.156. The van der Waals surface area contributed by atoms with Crippen LogP contribution in [-0.2, 0) is 0 Å². The van der Waals surface area contributed by atoms with Crippen LogP contribution >= 0.6 is 0 Å². The van der Waals surface area contributed by atoms with E-state index in [1.54, 1.807) is 0 Å². The van der Waals surface area contributed by atoms with Gasteiger partial charge < -0.3 is 15.7 Å². The van der Waals surface area contributed by atoms with Crippen molar-refractivity contribution in [3.05, 3.63) is 53.6 Å². The SMILES string of the molecule is Cc1cccc(Nc2nc(NCCCO)c3ccccc3n2)c1C. The minimum absolute atomic E-state index is 0.156. The van der Waals surface area contributed by atoms with Crippen LogP contribution in [0, 0.1) is 13.8 Å². The average Bonchev–Trinajstić information content (AvgIpc) is 2.59. The molecule has 0 atom stereocenters. The molecule has 24 heavy (non-hydrogen) atoms. The summed E-state index contributed by atoms with van der Waals surface area (Å²) in [6.07, 6.45) is 0.679. The Morgan fingerprint density at radius 1 is 1.00 bits per heavy atom. The lowest BCUT2D eigenvalue weighted by Gasteiger charge is -2.13. The van der Waals surface area contributed by atoms with Crippen molar-refractivity contribution in [2.45, 2.75) is 20.3 Å². The highest BCUT2D eigenvalue weighted by Crippen LogP contribution is 2.25. The summed E-state index contributed by atoms with van der Waals surface area (Å²) in [5.41, 5.74) is 4.30. The second kappa shape index (κ2) is 7.27. The molecule has 0 aliphatic heterocycles. The maximum atomic E-state index is 8.98. The smallest absolute Gasteiger partial charge is 0.229 e. The molecule has 0 aliphatic rings. The van der Waals surface area contributed by atoms with Gasteiger partial charge in [-0.3, -0.25) is 0 Å². The number of aromatic nitrogens is 2. The number of hydrogen-bond donors (Lipinski definition) is 3. The number of para-hydroxylation sites is 1. The van der Waals surface area contributed by atoms with Gasteiger partial charge in [-0.05, 0) is 49.6 Å². The Bertz CT molecular complexity index is 848. The maximum Gasteiger partial charge on any atom is 0.229 e. The third kappa shape index (κ3) is 3.46. The number of aliphatic hydroxyl groups excluding tert-OH is 1. The summed E-state index contributed by atoms with van der Waals surface area (Å²) in [7, 11) is 0. The lowest BCUT2D eigenvalue weighted by Crippen LogP contribution is -2.08. The van der Waals surface area contributed by atoms with E-state index in [1.165, 1.54) is 11.1 Å². The van der Waals surface area contributed by atoms with Crippen molar-refractivity contribution in [1.82, 2.24) is 9.97 Å². The molecule has 0 fully saturated rings. The number of nitrogens with zero attached hydrogens (tertiary/aromatic N) is 2. The predicted octanol–water partition coefficient (Wildman–Crippen LogP) is 3.78. The van der Waals surface area contributed by atoms with Crippen molar-refractivity contribution in [1.29, 1.82) is 0 Å².